The average molecular weight is 395 g/mol. The number of allylic oxidation sites excluding steroid dienone is 1. The predicted octanol–water partition coefficient (Wildman–Crippen LogP) is 0.472. The van der Waals surface area contributed by atoms with Gasteiger partial charge >= 0.3 is 0 Å². The molecule has 2 heterocycles. The van der Waals surface area contributed by atoms with Gasteiger partial charge in [-0.05, 0) is 24.7 Å². The largest absolute Gasteiger partial charge is 0.454 e. The molecule has 3 aliphatic rings. The molecule has 0 spiro atoms. The molecule has 0 radical (unpaired) electrons. The monoisotopic (exact) mass is 395 g/mol. The molecular formula is C17H21N3O6S. The van der Waals surface area contributed by atoms with Crippen molar-refractivity contribution in [2.24, 2.45) is 10.9 Å². The van der Waals surface area contributed by atoms with Gasteiger partial charge in [0.25, 0.3) is 0 Å². The lowest BCUT2D eigenvalue weighted by Crippen LogP contribution is -2.46. The number of aliphatic imine (C=N–C) groups is 1. The molecule has 10 heteroatoms. The van der Waals surface area contributed by atoms with Gasteiger partial charge in [0.1, 0.15) is 5.92 Å². The highest BCUT2D eigenvalue weighted by Crippen LogP contribution is 2.31. The summed E-state index contributed by atoms with van der Waals surface area (Å²) in [5.41, 5.74) is 0.549. The van der Waals surface area contributed by atoms with E-state index < -0.39 is 12.2 Å². The van der Waals surface area contributed by atoms with Gasteiger partial charge in [0.15, 0.2) is 17.8 Å². The molecule has 27 heavy (non-hydrogen) atoms. The maximum atomic E-state index is 12.8. The van der Waals surface area contributed by atoms with Crippen LogP contribution in [0.25, 0.3) is 0 Å². The van der Waals surface area contributed by atoms with Crippen molar-refractivity contribution >= 4 is 34.9 Å². The third kappa shape index (κ3) is 4.34. The van der Waals surface area contributed by atoms with Gasteiger partial charge in [0.05, 0.1) is 12.3 Å². The first-order valence-corrected chi connectivity index (χ1v) is 8.90. The van der Waals surface area contributed by atoms with Gasteiger partial charge in [0, 0.05) is 33.3 Å². The Labute approximate surface area is 162 Å². The molecule has 0 saturated carbocycles. The molecule has 146 valence electrons. The fourth-order valence-electron chi connectivity index (χ4n) is 2.89. The highest BCUT2D eigenvalue weighted by molar-refractivity contribution is 7.80. The van der Waals surface area contributed by atoms with E-state index in [9.17, 15) is 9.59 Å². The van der Waals surface area contributed by atoms with Crippen molar-refractivity contribution in [2.75, 3.05) is 34.1 Å². The lowest BCUT2D eigenvalue weighted by atomic mass is 9.94. The number of nitrogens with one attached hydrogen (secondary N) is 1. The highest BCUT2D eigenvalue weighted by Gasteiger charge is 2.38. The van der Waals surface area contributed by atoms with Crippen LogP contribution in [0.3, 0.4) is 0 Å². The second kappa shape index (κ2) is 8.59. The minimum absolute atomic E-state index is 0.127. The third-order valence-corrected chi connectivity index (χ3v) is 4.66. The molecule has 3 rings (SSSR count). The van der Waals surface area contributed by atoms with E-state index in [4.69, 9.17) is 31.2 Å². The van der Waals surface area contributed by atoms with Crippen LogP contribution in [-0.2, 0) is 28.5 Å². The molecule has 0 aromatic rings. The van der Waals surface area contributed by atoms with Crippen LogP contribution in [0.4, 0.5) is 0 Å². The number of thiocarbonyl (C=S) groups is 1. The van der Waals surface area contributed by atoms with E-state index in [1.165, 1.54) is 19.1 Å². The van der Waals surface area contributed by atoms with Crippen molar-refractivity contribution in [3.63, 3.8) is 0 Å². The number of hydrogen-bond donors (Lipinski definition) is 1. The molecule has 0 aromatic heterocycles. The summed E-state index contributed by atoms with van der Waals surface area (Å²) in [5, 5.41) is 2.91. The van der Waals surface area contributed by atoms with E-state index in [1.54, 1.807) is 12.2 Å². The maximum absolute atomic E-state index is 12.8. The molecule has 0 aromatic carbocycles. The highest BCUT2D eigenvalue weighted by atomic mass is 32.1. The van der Waals surface area contributed by atoms with E-state index in [1.807, 2.05) is 0 Å². The van der Waals surface area contributed by atoms with Gasteiger partial charge in [-0.3, -0.25) is 14.5 Å². The number of methoxy groups -OCH3 is 2. The van der Waals surface area contributed by atoms with Crippen LogP contribution in [0.5, 0.6) is 0 Å². The van der Waals surface area contributed by atoms with E-state index >= 15 is 0 Å². The zero-order chi connectivity index (χ0) is 19.4. The van der Waals surface area contributed by atoms with Gasteiger partial charge < -0.3 is 24.3 Å². The Balaban J connectivity index is 1.53. The van der Waals surface area contributed by atoms with Gasteiger partial charge in [-0.25, -0.2) is 4.99 Å². The number of nitrogens with zero attached hydrogens (tertiary/aromatic N) is 2. The third-order valence-electron chi connectivity index (χ3n) is 4.35. The zero-order valence-electron chi connectivity index (χ0n) is 15.1. The first-order valence-electron chi connectivity index (χ1n) is 8.49. The van der Waals surface area contributed by atoms with Crippen LogP contribution in [0.2, 0.25) is 0 Å². The first kappa shape index (κ1) is 19.5. The molecule has 1 saturated heterocycles. The normalized spacial score (nSPS) is 20.9. The second-order valence-electron chi connectivity index (χ2n) is 6.04. The van der Waals surface area contributed by atoms with Gasteiger partial charge in [-0.15, -0.1) is 0 Å². The van der Waals surface area contributed by atoms with Crippen LogP contribution < -0.4 is 5.32 Å². The Hall–Kier alpha value is -2.30. The second-order valence-corrected chi connectivity index (χ2v) is 6.41. The van der Waals surface area contributed by atoms with Crippen LogP contribution in [-0.4, -0.2) is 67.9 Å². The molecule has 1 atom stereocenters. The van der Waals surface area contributed by atoms with E-state index in [2.05, 4.69) is 10.3 Å². The Morgan fingerprint density at radius 3 is 2.89 bits per heavy atom. The van der Waals surface area contributed by atoms with Gasteiger partial charge in [0.2, 0.25) is 23.7 Å². The SMILES string of the molecule is COC(CNC(=O)CCCN1C(=O)C2C=C3OCOC3=CC2=NC1=S)OC. The standard InChI is InChI=1S/C17H21N3O6S/c1-23-15(24-2)8-18-14(21)4-3-5-20-16(22)10-6-12-13(26-9-25-12)7-11(10)19-17(20)27/h6-7,10,15H,3-5,8-9H2,1-2H3,(H,18,21). The van der Waals surface area contributed by atoms with Crippen molar-refractivity contribution in [1.29, 1.82) is 0 Å². The summed E-state index contributed by atoms with van der Waals surface area (Å²) < 4.78 is 20.7. The Morgan fingerprint density at radius 2 is 2.15 bits per heavy atom. The smallest absolute Gasteiger partial charge is 0.241 e. The summed E-state index contributed by atoms with van der Waals surface area (Å²) in [6, 6.07) is 0. The molecule has 2 amide bonds. The number of carbonyl (C=O) groups excluding carboxylic acids is 2. The van der Waals surface area contributed by atoms with Crippen molar-refractivity contribution in [1.82, 2.24) is 10.2 Å². The van der Waals surface area contributed by atoms with Crippen LogP contribution in [0, 0.1) is 5.92 Å². The van der Waals surface area contributed by atoms with Crippen LogP contribution in [0.15, 0.2) is 28.7 Å². The lowest BCUT2D eigenvalue weighted by molar-refractivity contribution is -0.130. The summed E-state index contributed by atoms with van der Waals surface area (Å²) in [4.78, 5) is 30.4. The summed E-state index contributed by atoms with van der Waals surface area (Å²) >= 11 is 5.25. The number of hydrogen-bond acceptors (Lipinski definition) is 7. The zero-order valence-corrected chi connectivity index (χ0v) is 15.9. The molecule has 1 aliphatic carbocycles. The molecule has 9 nitrogen and oxygen atoms in total. The fourth-order valence-corrected chi connectivity index (χ4v) is 3.17. The lowest BCUT2D eigenvalue weighted by Gasteiger charge is -2.30. The summed E-state index contributed by atoms with van der Waals surface area (Å²) in [6.07, 6.45) is 3.59. The maximum Gasteiger partial charge on any atom is 0.241 e. The average Bonchev–Trinajstić information content (AvgIpc) is 3.11. The topological polar surface area (TPSA) is 98.7 Å². The minimum Gasteiger partial charge on any atom is -0.454 e. The van der Waals surface area contributed by atoms with E-state index in [-0.39, 0.29) is 36.7 Å². The van der Waals surface area contributed by atoms with Gasteiger partial charge in [-0.1, -0.05) is 0 Å². The Kier molecular flexibility index (Phi) is 6.19. The first-order chi connectivity index (χ1) is 13.0. The van der Waals surface area contributed by atoms with E-state index in [0.717, 1.165) is 0 Å². The molecular weight excluding hydrogens is 374 g/mol. The summed E-state index contributed by atoms with van der Waals surface area (Å²) in [6.45, 7) is 0.697. The number of rotatable bonds is 8. The molecule has 1 N–H and O–H groups in total. The number of amides is 2. The fraction of sp³-hybridized carbons (Fsp3) is 0.529. The van der Waals surface area contributed by atoms with Crippen LogP contribution in [0.1, 0.15) is 12.8 Å². The predicted molar refractivity (Wildman–Crippen MR) is 98.5 cm³/mol. The Morgan fingerprint density at radius 1 is 1.41 bits per heavy atom. The molecule has 0 bridgehead atoms. The minimum atomic E-state index is -0.546. The number of ether oxygens (including phenoxy) is 4. The summed E-state index contributed by atoms with van der Waals surface area (Å²) in [5.74, 6) is 0.233. The number of fused-ring (bicyclic) bond motifs is 2. The van der Waals surface area contributed by atoms with Crippen molar-refractivity contribution in [3.8, 4) is 0 Å². The number of carbonyl (C=O) groups is 2. The quantitative estimate of drug-likeness (QED) is 0.471. The molecule has 2 aliphatic heterocycles. The summed E-state index contributed by atoms with van der Waals surface area (Å²) in [7, 11) is 3.00. The van der Waals surface area contributed by atoms with Crippen molar-refractivity contribution < 1.29 is 28.5 Å². The molecule has 1 fully saturated rings. The van der Waals surface area contributed by atoms with Gasteiger partial charge in [-0.2, -0.15) is 0 Å². The van der Waals surface area contributed by atoms with E-state index in [0.29, 0.717) is 30.2 Å². The van der Waals surface area contributed by atoms with Crippen LogP contribution >= 0.6 is 12.2 Å². The van der Waals surface area contributed by atoms with Crippen molar-refractivity contribution in [2.45, 2.75) is 19.1 Å². The Bertz CT molecular complexity index is 728. The van der Waals surface area contributed by atoms with Crippen molar-refractivity contribution in [3.05, 3.63) is 23.7 Å². The molecule has 1 unspecified atom stereocenters.